The highest BCUT2D eigenvalue weighted by atomic mass is 79.9. The Morgan fingerprint density at radius 1 is 1.54 bits per heavy atom. The number of rotatable bonds is 1. The first-order valence-electron chi connectivity index (χ1n) is 3.89. The molecule has 1 aromatic rings. The van der Waals surface area contributed by atoms with Crippen LogP contribution in [-0.2, 0) is 0 Å². The lowest BCUT2D eigenvalue weighted by Gasteiger charge is -2.06. The number of benzene rings is 1. The monoisotopic (exact) mass is 241 g/mol. The fourth-order valence-electron chi connectivity index (χ4n) is 1.02. The van der Waals surface area contributed by atoms with E-state index >= 15 is 0 Å². The van der Waals surface area contributed by atoms with Crippen LogP contribution in [0.4, 0.5) is 0 Å². The number of hydrazine groups is 1. The Bertz CT molecular complexity index is 334. The smallest absolute Gasteiger partial charge is 0.142 e. The number of halogens is 1. The standard InChI is InChI=1S/C9H12BrN3/c1-6-3-4-7(5-8(6)10)9(12-2)13-11/h3-5H,11H2,1-2H3,(H,12,13). The molecule has 3 N–H and O–H groups in total. The second-order valence-electron chi connectivity index (χ2n) is 2.68. The van der Waals surface area contributed by atoms with E-state index in [1.807, 2.05) is 25.1 Å². The van der Waals surface area contributed by atoms with Crippen molar-refractivity contribution < 1.29 is 0 Å². The zero-order valence-corrected chi connectivity index (χ0v) is 9.22. The Balaban J connectivity index is 3.10. The second kappa shape index (κ2) is 4.39. The van der Waals surface area contributed by atoms with Crippen molar-refractivity contribution in [3.05, 3.63) is 33.8 Å². The zero-order chi connectivity index (χ0) is 9.84. The Kier molecular flexibility index (Phi) is 3.45. The van der Waals surface area contributed by atoms with Crippen LogP contribution in [0.3, 0.4) is 0 Å². The van der Waals surface area contributed by atoms with E-state index in [1.54, 1.807) is 7.05 Å². The van der Waals surface area contributed by atoms with Crippen molar-refractivity contribution in [3.8, 4) is 0 Å². The first-order chi connectivity index (χ1) is 6.19. The summed E-state index contributed by atoms with van der Waals surface area (Å²) >= 11 is 3.45. The van der Waals surface area contributed by atoms with E-state index in [2.05, 4.69) is 26.3 Å². The molecule has 3 nitrogen and oxygen atoms in total. The van der Waals surface area contributed by atoms with Crippen molar-refractivity contribution in [1.29, 1.82) is 0 Å². The van der Waals surface area contributed by atoms with Crippen LogP contribution in [0.5, 0.6) is 0 Å². The van der Waals surface area contributed by atoms with Crippen LogP contribution < -0.4 is 11.3 Å². The first-order valence-corrected chi connectivity index (χ1v) is 4.68. The lowest BCUT2D eigenvalue weighted by atomic mass is 10.1. The highest BCUT2D eigenvalue weighted by Gasteiger charge is 2.02. The van der Waals surface area contributed by atoms with Crippen LogP contribution in [0.2, 0.25) is 0 Å². The molecular weight excluding hydrogens is 230 g/mol. The molecule has 0 saturated heterocycles. The SMILES string of the molecule is CN=C(NN)c1ccc(C)c(Br)c1. The molecule has 4 heteroatoms. The number of amidine groups is 1. The normalized spacial score (nSPS) is 11.5. The van der Waals surface area contributed by atoms with Gasteiger partial charge in [-0.1, -0.05) is 28.1 Å². The second-order valence-corrected chi connectivity index (χ2v) is 3.53. The van der Waals surface area contributed by atoms with Gasteiger partial charge in [-0.2, -0.15) is 0 Å². The third kappa shape index (κ3) is 2.29. The van der Waals surface area contributed by atoms with Gasteiger partial charge >= 0.3 is 0 Å². The molecule has 0 saturated carbocycles. The number of nitrogens with one attached hydrogen (secondary N) is 1. The predicted octanol–water partition coefficient (Wildman–Crippen LogP) is 1.60. The third-order valence-corrected chi connectivity index (χ3v) is 2.66. The van der Waals surface area contributed by atoms with Gasteiger partial charge in [0.25, 0.3) is 0 Å². The Morgan fingerprint density at radius 2 is 2.23 bits per heavy atom. The van der Waals surface area contributed by atoms with Crippen LogP contribution in [0.15, 0.2) is 27.7 Å². The number of hydrogen-bond donors (Lipinski definition) is 2. The maximum atomic E-state index is 5.31. The van der Waals surface area contributed by atoms with Gasteiger partial charge in [0.2, 0.25) is 0 Å². The maximum absolute atomic E-state index is 5.31. The van der Waals surface area contributed by atoms with Crippen LogP contribution in [0.1, 0.15) is 11.1 Å². The third-order valence-electron chi connectivity index (χ3n) is 1.81. The average Bonchev–Trinajstić information content (AvgIpc) is 2.13. The van der Waals surface area contributed by atoms with Gasteiger partial charge in [0.15, 0.2) is 0 Å². The molecule has 1 aromatic carbocycles. The highest BCUT2D eigenvalue weighted by molar-refractivity contribution is 9.10. The van der Waals surface area contributed by atoms with Crippen LogP contribution in [-0.4, -0.2) is 12.9 Å². The number of aryl methyl sites for hydroxylation is 1. The van der Waals surface area contributed by atoms with Crippen molar-refractivity contribution in [2.45, 2.75) is 6.92 Å². The van der Waals surface area contributed by atoms with Crippen molar-refractivity contribution >= 4 is 21.8 Å². The van der Waals surface area contributed by atoms with Crippen LogP contribution >= 0.6 is 15.9 Å². The van der Waals surface area contributed by atoms with E-state index < -0.39 is 0 Å². The van der Waals surface area contributed by atoms with Gasteiger partial charge in [0.05, 0.1) is 0 Å². The lowest BCUT2D eigenvalue weighted by Crippen LogP contribution is -2.30. The topological polar surface area (TPSA) is 50.4 Å². The molecule has 0 radical (unpaired) electrons. The summed E-state index contributed by atoms with van der Waals surface area (Å²) in [7, 11) is 1.70. The molecule has 0 aliphatic carbocycles. The molecule has 0 atom stereocenters. The summed E-state index contributed by atoms with van der Waals surface area (Å²) in [5.74, 6) is 5.99. The van der Waals surface area contributed by atoms with E-state index in [4.69, 9.17) is 5.84 Å². The van der Waals surface area contributed by atoms with Gasteiger partial charge in [0, 0.05) is 17.1 Å². The fourth-order valence-corrected chi connectivity index (χ4v) is 1.40. The summed E-state index contributed by atoms with van der Waals surface area (Å²) in [6, 6.07) is 5.97. The molecular formula is C9H12BrN3. The molecule has 1 rings (SSSR count). The highest BCUT2D eigenvalue weighted by Crippen LogP contribution is 2.17. The lowest BCUT2D eigenvalue weighted by molar-refractivity contribution is 1.02. The summed E-state index contributed by atoms with van der Waals surface area (Å²) < 4.78 is 1.06. The molecule has 0 spiro atoms. The molecule has 0 amide bonds. The Morgan fingerprint density at radius 3 is 2.69 bits per heavy atom. The molecule has 13 heavy (non-hydrogen) atoms. The molecule has 0 aliphatic heterocycles. The number of nitrogens with zero attached hydrogens (tertiary/aromatic N) is 1. The number of hydrogen-bond acceptors (Lipinski definition) is 2. The van der Waals surface area contributed by atoms with E-state index in [0.717, 1.165) is 10.0 Å². The van der Waals surface area contributed by atoms with E-state index in [9.17, 15) is 0 Å². The molecule has 0 fully saturated rings. The van der Waals surface area contributed by atoms with Crippen molar-refractivity contribution in [2.75, 3.05) is 7.05 Å². The molecule has 70 valence electrons. The van der Waals surface area contributed by atoms with Crippen molar-refractivity contribution in [2.24, 2.45) is 10.8 Å². The zero-order valence-electron chi connectivity index (χ0n) is 7.63. The Hall–Kier alpha value is -0.870. The minimum atomic E-state index is 0.681. The first kappa shape index (κ1) is 10.2. The molecule has 0 heterocycles. The summed E-state index contributed by atoms with van der Waals surface area (Å²) in [6.07, 6.45) is 0. The van der Waals surface area contributed by atoms with E-state index in [0.29, 0.717) is 5.84 Å². The maximum Gasteiger partial charge on any atom is 0.142 e. The summed E-state index contributed by atoms with van der Waals surface area (Å²) in [4.78, 5) is 4.01. The van der Waals surface area contributed by atoms with Crippen LogP contribution in [0.25, 0.3) is 0 Å². The summed E-state index contributed by atoms with van der Waals surface area (Å²) in [5.41, 5.74) is 4.71. The van der Waals surface area contributed by atoms with E-state index in [1.165, 1.54) is 5.56 Å². The van der Waals surface area contributed by atoms with Gasteiger partial charge < -0.3 is 5.43 Å². The summed E-state index contributed by atoms with van der Waals surface area (Å²) in [5, 5.41) is 0. The summed E-state index contributed by atoms with van der Waals surface area (Å²) in [6.45, 7) is 2.03. The molecule has 0 aliphatic rings. The van der Waals surface area contributed by atoms with Gasteiger partial charge in [-0.15, -0.1) is 0 Å². The van der Waals surface area contributed by atoms with Gasteiger partial charge in [-0.05, 0) is 18.6 Å². The predicted molar refractivity (Wildman–Crippen MR) is 58.7 cm³/mol. The van der Waals surface area contributed by atoms with Gasteiger partial charge in [-0.25, -0.2) is 5.84 Å². The van der Waals surface area contributed by atoms with Gasteiger partial charge in [0.1, 0.15) is 5.84 Å². The number of aliphatic imine (C=N–C) groups is 1. The Labute approximate surface area is 86.1 Å². The van der Waals surface area contributed by atoms with Crippen molar-refractivity contribution in [1.82, 2.24) is 5.43 Å². The average molecular weight is 242 g/mol. The van der Waals surface area contributed by atoms with Gasteiger partial charge in [-0.3, -0.25) is 4.99 Å². The molecule has 0 aromatic heterocycles. The number of nitrogens with two attached hydrogens (primary N) is 1. The van der Waals surface area contributed by atoms with E-state index in [-0.39, 0.29) is 0 Å². The molecule has 0 bridgehead atoms. The van der Waals surface area contributed by atoms with Crippen molar-refractivity contribution in [3.63, 3.8) is 0 Å². The molecule has 0 unspecified atom stereocenters. The minimum Gasteiger partial charge on any atom is -0.308 e. The van der Waals surface area contributed by atoms with Crippen LogP contribution in [0, 0.1) is 6.92 Å². The fraction of sp³-hybridized carbons (Fsp3) is 0.222. The quantitative estimate of drug-likeness (QED) is 0.340. The largest absolute Gasteiger partial charge is 0.308 e. The minimum absolute atomic E-state index is 0.681.